The van der Waals surface area contributed by atoms with Crippen LogP contribution >= 0.6 is 11.8 Å². The number of hydrogen-bond acceptors (Lipinski definition) is 5. The fourth-order valence-corrected chi connectivity index (χ4v) is 3.92. The molecular formula is C18H23N5OS. The van der Waals surface area contributed by atoms with E-state index >= 15 is 0 Å². The number of rotatable bonds is 6. The lowest BCUT2D eigenvalue weighted by Crippen LogP contribution is -2.43. The van der Waals surface area contributed by atoms with E-state index in [1.54, 1.807) is 12.4 Å². The molecule has 3 heterocycles. The predicted octanol–water partition coefficient (Wildman–Crippen LogP) is 3.02. The van der Waals surface area contributed by atoms with Gasteiger partial charge in [-0.25, -0.2) is 0 Å². The molecule has 2 aromatic rings. The summed E-state index contributed by atoms with van der Waals surface area (Å²) in [4.78, 5) is 18.6. The predicted molar refractivity (Wildman–Crippen MR) is 99.2 cm³/mol. The first-order valence-corrected chi connectivity index (χ1v) is 9.56. The molecule has 0 saturated carbocycles. The van der Waals surface area contributed by atoms with Gasteiger partial charge in [-0.15, -0.1) is 16.8 Å². The number of pyridine rings is 1. The molecule has 1 saturated heterocycles. The van der Waals surface area contributed by atoms with Gasteiger partial charge in [0, 0.05) is 37.1 Å². The molecule has 6 nitrogen and oxygen atoms in total. The number of aromatic nitrogens is 4. The van der Waals surface area contributed by atoms with Gasteiger partial charge in [-0.1, -0.05) is 17.8 Å². The summed E-state index contributed by atoms with van der Waals surface area (Å²) in [5, 5.41) is 9.33. The average Bonchev–Trinajstić information content (AvgIpc) is 3.04. The van der Waals surface area contributed by atoms with Crippen molar-refractivity contribution in [3.05, 3.63) is 37.2 Å². The van der Waals surface area contributed by atoms with Crippen LogP contribution in [0.3, 0.4) is 0 Å². The van der Waals surface area contributed by atoms with Crippen LogP contribution in [0.15, 0.2) is 42.3 Å². The Kier molecular flexibility index (Phi) is 5.86. The number of allylic oxidation sites excluding steroid dienone is 1. The normalized spacial score (nSPS) is 17.5. The lowest BCUT2D eigenvalue weighted by Gasteiger charge is -2.33. The Bertz CT molecular complexity index is 730. The summed E-state index contributed by atoms with van der Waals surface area (Å²) in [6.07, 6.45) is 8.68. The Balaban J connectivity index is 1.73. The lowest BCUT2D eigenvalue weighted by molar-refractivity contribution is -0.131. The van der Waals surface area contributed by atoms with Gasteiger partial charge < -0.3 is 4.90 Å². The van der Waals surface area contributed by atoms with Gasteiger partial charge in [0.05, 0.1) is 5.75 Å². The zero-order valence-corrected chi connectivity index (χ0v) is 15.3. The number of carbonyl (C=O) groups excluding carboxylic acids is 1. The second kappa shape index (κ2) is 8.29. The average molecular weight is 357 g/mol. The molecule has 1 atom stereocenters. The SMILES string of the molecule is C=CCn1c(SCC(=O)N2CCCCC2C)nnc1-c1ccncc1. The fourth-order valence-electron chi connectivity index (χ4n) is 3.08. The molecule has 132 valence electrons. The van der Waals surface area contributed by atoms with Crippen molar-refractivity contribution in [2.24, 2.45) is 0 Å². The van der Waals surface area contributed by atoms with Crippen LogP contribution < -0.4 is 0 Å². The van der Waals surface area contributed by atoms with E-state index in [9.17, 15) is 4.79 Å². The van der Waals surface area contributed by atoms with Crippen molar-refractivity contribution in [1.82, 2.24) is 24.6 Å². The number of hydrogen-bond donors (Lipinski definition) is 0. The monoisotopic (exact) mass is 357 g/mol. The minimum Gasteiger partial charge on any atom is -0.339 e. The Morgan fingerprint density at radius 2 is 2.16 bits per heavy atom. The van der Waals surface area contributed by atoms with Crippen LogP contribution in [0.5, 0.6) is 0 Å². The van der Waals surface area contributed by atoms with E-state index in [0.29, 0.717) is 18.3 Å². The van der Waals surface area contributed by atoms with Crippen LogP contribution in [0, 0.1) is 0 Å². The van der Waals surface area contributed by atoms with Gasteiger partial charge in [0.2, 0.25) is 5.91 Å². The molecule has 0 aromatic carbocycles. The van der Waals surface area contributed by atoms with Crippen molar-refractivity contribution >= 4 is 17.7 Å². The van der Waals surface area contributed by atoms with Gasteiger partial charge in [0.1, 0.15) is 0 Å². The molecule has 0 N–H and O–H groups in total. The van der Waals surface area contributed by atoms with E-state index in [2.05, 4.69) is 28.7 Å². The first-order valence-electron chi connectivity index (χ1n) is 8.57. The van der Waals surface area contributed by atoms with Crippen LogP contribution in [0.2, 0.25) is 0 Å². The molecule has 1 amide bonds. The van der Waals surface area contributed by atoms with Crippen molar-refractivity contribution in [2.45, 2.75) is 43.9 Å². The summed E-state index contributed by atoms with van der Waals surface area (Å²) < 4.78 is 1.99. The summed E-state index contributed by atoms with van der Waals surface area (Å²) in [6, 6.07) is 4.14. The number of likely N-dealkylation sites (tertiary alicyclic amines) is 1. The molecule has 25 heavy (non-hydrogen) atoms. The molecule has 0 radical (unpaired) electrons. The van der Waals surface area contributed by atoms with Crippen LogP contribution in [-0.2, 0) is 11.3 Å². The highest BCUT2D eigenvalue weighted by Gasteiger charge is 2.24. The van der Waals surface area contributed by atoms with E-state index < -0.39 is 0 Å². The molecule has 0 bridgehead atoms. The van der Waals surface area contributed by atoms with Crippen molar-refractivity contribution in [2.75, 3.05) is 12.3 Å². The van der Waals surface area contributed by atoms with Gasteiger partial charge >= 0.3 is 0 Å². The van der Waals surface area contributed by atoms with Gasteiger partial charge in [-0.05, 0) is 38.3 Å². The van der Waals surface area contributed by atoms with Crippen molar-refractivity contribution < 1.29 is 4.79 Å². The zero-order chi connectivity index (χ0) is 17.6. The largest absolute Gasteiger partial charge is 0.339 e. The summed E-state index contributed by atoms with van der Waals surface area (Å²) in [5.74, 6) is 1.33. The molecule has 2 aromatic heterocycles. The maximum atomic E-state index is 12.5. The first kappa shape index (κ1) is 17.7. The van der Waals surface area contributed by atoms with E-state index in [1.807, 2.05) is 27.7 Å². The molecule has 1 fully saturated rings. The van der Waals surface area contributed by atoms with Crippen LogP contribution in [0.4, 0.5) is 0 Å². The molecule has 1 unspecified atom stereocenters. The van der Waals surface area contributed by atoms with Crippen LogP contribution in [0.25, 0.3) is 11.4 Å². The van der Waals surface area contributed by atoms with Crippen molar-refractivity contribution in [1.29, 1.82) is 0 Å². The quantitative estimate of drug-likeness (QED) is 0.587. The zero-order valence-electron chi connectivity index (χ0n) is 14.5. The Morgan fingerprint density at radius 3 is 2.88 bits per heavy atom. The van der Waals surface area contributed by atoms with Gasteiger partial charge in [0.25, 0.3) is 0 Å². The minimum absolute atomic E-state index is 0.177. The number of piperidine rings is 1. The van der Waals surface area contributed by atoms with Crippen molar-refractivity contribution in [3.63, 3.8) is 0 Å². The van der Waals surface area contributed by atoms with Crippen LogP contribution in [0.1, 0.15) is 26.2 Å². The molecule has 1 aliphatic heterocycles. The number of nitrogens with zero attached hydrogens (tertiary/aromatic N) is 5. The lowest BCUT2D eigenvalue weighted by atomic mass is 10.0. The molecule has 0 aliphatic carbocycles. The maximum Gasteiger partial charge on any atom is 0.233 e. The van der Waals surface area contributed by atoms with Gasteiger partial charge in [-0.2, -0.15) is 0 Å². The third-order valence-electron chi connectivity index (χ3n) is 4.42. The summed E-state index contributed by atoms with van der Waals surface area (Å²) >= 11 is 1.44. The summed E-state index contributed by atoms with van der Waals surface area (Å²) in [5.41, 5.74) is 0.951. The molecular weight excluding hydrogens is 334 g/mol. The number of amides is 1. The van der Waals surface area contributed by atoms with Crippen LogP contribution in [-0.4, -0.2) is 48.9 Å². The third-order valence-corrected chi connectivity index (χ3v) is 5.37. The second-order valence-electron chi connectivity index (χ2n) is 6.16. The van der Waals surface area contributed by atoms with Gasteiger partial charge in [0.15, 0.2) is 11.0 Å². The summed E-state index contributed by atoms with van der Waals surface area (Å²) in [7, 11) is 0. The Hall–Kier alpha value is -2.15. The first-order chi connectivity index (χ1) is 12.2. The number of carbonyl (C=O) groups is 1. The molecule has 1 aliphatic rings. The Morgan fingerprint density at radius 1 is 1.36 bits per heavy atom. The molecule has 3 rings (SSSR count). The molecule has 7 heteroatoms. The highest BCUT2D eigenvalue weighted by Crippen LogP contribution is 2.25. The highest BCUT2D eigenvalue weighted by atomic mass is 32.2. The third kappa shape index (κ3) is 4.10. The van der Waals surface area contributed by atoms with E-state index in [0.717, 1.165) is 35.9 Å². The Labute approximate surface area is 152 Å². The van der Waals surface area contributed by atoms with E-state index in [4.69, 9.17) is 0 Å². The molecule has 0 spiro atoms. The highest BCUT2D eigenvalue weighted by molar-refractivity contribution is 7.99. The van der Waals surface area contributed by atoms with E-state index in [1.165, 1.54) is 18.2 Å². The second-order valence-corrected chi connectivity index (χ2v) is 7.10. The smallest absolute Gasteiger partial charge is 0.233 e. The fraction of sp³-hybridized carbons (Fsp3) is 0.444. The van der Waals surface area contributed by atoms with E-state index in [-0.39, 0.29) is 5.91 Å². The summed E-state index contributed by atoms with van der Waals surface area (Å²) in [6.45, 7) is 7.41. The van der Waals surface area contributed by atoms with Gasteiger partial charge in [-0.3, -0.25) is 14.3 Å². The maximum absolute atomic E-state index is 12.5. The topological polar surface area (TPSA) is 63.9 Å². The minimum atomic E-state index is 0.177. The standard InChI is InChI=1S/C18H23N5OS/c1-3-11-23-17(15-7-9-19-10-8-15)20-21-18(23)25-13-16(24)22-12-5-4-6-14(22)2/h3,7-10,14H,1,4-6,11-13H2,2H3. The van der Waals surface area contributed by atoms with Crippen molar-refractivity contribution in [3.8, 4) is 11.4 Å². The number of thioether (sulfide) groups is 1.